The van der Waals surface area contributed by atoms with Crippen molar-refractivity contribution in [1.29, 1.82) is 0 Å². The van der Waals surface area contributed by atoms with Crippen LogP contribution in [-0.4, -0.2) is 12.4 Å². The molecule has 0 aliphatic rings. The van der Waals surface area contributed by atoms with Crippen molar-refractivity contribution in [2.45, 2.75) is 26.9 Å². The second kappa shape index (κ2) is 5.56. The maximum atomic E-state index is 12.1. The molecule has 0 radical (unpaired) electrons. The topological polar surface area (TPSA) is 26.3 Å². The Labute approximate surface area is 106 Å². The Morgan fingerprint density at radius 3 is 2.56 bits per heavy atom. The molecule has 0 spiro atoms. The van der Waals surface area contributed by atoms with Gasteiger partial charge < -0.3 is 4.74 Å². The van der Waals surface area contributed by atoms with Crippen LogP contribution in [0.4, 0.5) is 8.78 Å². The lowest BCUT2D eigenvalue weighted by atomic mass is 10.0. The maximum absolute atomic E-state index is 12.1. The maximum Gasteiger partial charge on any atom is 0.387 e. The van der Waals surface area contributed by atoms with Crippen molar-refractivity contribution in [2.24, 2.45) is 0 Å². The lowest BCUT2D eigenvalue weighted by molar-refractivity contribution is -0.0504. The summed E-state index contributed by atoms with van der Waals surface area (Å²) in [6.45, 7) is 0.473. The van der Waals surface area contributed by atoms with Crippen molar-refractivity contribution in [3.05, 3.63) is 26.8 Å². The second-order valence-corrected chi connectivity index (χ2v) is 4.39. The first-order chi connectivity index (χ1) is 7.45. The van der Waals surface area contributed by atoms with Crippen molar-refractivity contribution in [1.82, 2.24) is 0 Å². The Bertz CT molecular complexity index is 405. The number of carbonyl (C=O) groups is 1. The minimum atomic E-state index is -2.85. The minimum absolute atomic E-state index is 0.0710. The van der Waals surface area contributed by atoms with Crippen LogP contribution in [0.25, 0.3) is 0 Å². The molecule has 1 aromatic carbocycles. The van der Waals surface area contributed by atoms with Gasteiger partial charge in [0.05, 0.1) is 3.57 Å². The zero-order chi connectivity index (χ0) is 12.3. The van der Waals surface area contributed by atoms with E-state index in [0.717, 1.165) is 5.56 Å². The fraction of sp³-hybridized carbons (Fsp3) is 0.364. The highest BCUT2D eigenvalue weighted by Crippen LogP contribution is 2.27. The minimum Gasteiger partial charge on any atom is -0.434 e. The zero-order valence-electron chi connectivity index (χ0n) is 8.89. The van der Waals surface area contributed by atoms with E-state index in [2.05, 4.69) is 4.74 Å². The molecule has 0 aliphatic heterocycles. The molecular formula is C11H11F2IO2. The number of rotatable bonds is 4. The van der Waals surface area contributed by atoms with Crippen molar-refractivity contribution >= 4 is 28.4 Å². The number of hydrogen-bond donors (Lipinski definition) is 0. The summed E-state index contributed by atoms with van der Waals surface area (Å²) in [4.78, 5) is 11.3. The molecule has 0 fully saturated rings. The van der Waals surface area contributed by atoms with Gasteiger partial charge in [-0.25, -0.2) is 0 Å². The largest absolute Gasteiger partial charge is 0.434 e. The van der Waals surface area contributed by atoms with E-state index in [1.54, 1.807) is 6.07 Å². The number of Topliss-reactive ketones (excluding diaryl/α,β-unsaturated/α-hetero) is 1. The summed E-state index contributed by atoms with van der Waals surface area (Å²) in [5, 5.41) is 0. The van der Waals surface area contributed by atoms with Crippen LogP contribution in [0.1, 0.15) is 29.8 Å². The zero-order valence-corrected chi connectivity index (χ0v) is 11.0. The summed E-state index contributed by atoms with van der Waals surface area (Å²) in [6.07, 6.45) is 0.603. The van der Waals surface area contributed by atoms with E-state index in [1.807, 2.05) is 29.5 Å². The lowest BCUT2D eigenvalue weighted by Gasteiger charge is -2.11. The number of benzene rings is 1. The third-order valence-electron chi connectivity index (χ3n) is 2.13. The number of alkyl halides is 2. The van der Waals surface area contributed by atoms with E-state index in [4.69, 9.17) is 0 Å². The van der Waals surface area contributed by atoms with Crippen LogP contribution in [0.5, 0.6) is 5.75 Å². The highest BCUT2D eigenvalue weighted by atomic mass is 127. The highest BCUT2D eigenvalue weighted by molar-refractivity contribution is 14.1. The molecule has 0 atom stereocenters. The molecule has 0 amide bonds. The number of carbonyl (C=O) groups excluding carboxylic acids is 1. The smallest absolute Gasteiger partial charge is 0.387 e. The molecule has 16 heavy (non-hydrogen) atoms. The van der Waals surface area contributed by atoms with Crippen molar-refractivity contribution < 1.29 is 18.3 Å². The Morgan fingerprint density at radius 1 is 1.50 bits per heavy atom. The van der Waals surface area contributed by atoms with Gasteiger partial charge in [0.2, 0.25) is 0 Å². The van der Waals surface area contributed by atoms with E-state index in [-0.39, 0.29) is 11.5 Å². The first-order valence-electron chi connectivity index (χ1n) is 4.73. The molecule has 0 unspecified atom stereocenters. The summed E-state index contributed by atoms with van der Waals surface area (Å²) in [5.74, 6) is 0.0517. The molecule has 0 aromatic heterocycles. The molecule has 88 valence electrons. The number of ether oxygens (including phenoxy) is 1. The fourth-order valence-electron chi connectivity index (χ4n) is 1.40. The molecule has 0 saturated heterocycles. The second-order valence-electron chi connectivity index (χ2n) is 3.23. The average molecular weight is 340 g/mol. The van der Waals surface area contributed by atoms with Gasteiger partial charge in [0.15, 0.2) is 5.78 Å². The van der Waals surface area contributed by atoms with Gasteiger partial charge >= 0.3 is 6.61 Å². The van der Waals surface area contributed by atoms with Crippen LogP contribution in [0, 0.1) is 3.57 Å². The molecule has 0 N–H and O–H groups in total. The lowest BCUT2D eigenvalue weighted by Crippen LogP contribution is -2.06. The molecule has 0 bridgehead atoms. The van der Waals surface area contributed by atoms with Crippen molar-refractivity contribution in [3.63, 3.8) is 0 Å². The monoisotopic (exact) mass is 340 g/mol. The molecular weight excluding hydrogens is 329 g/mol. The molecule has 0 aliphatic carbocycles. The normalized spacial score (nSPS) is 10.6. The van der Waals surface area contributed by atoms with E-state index < -0.39 is 6.61 Å². The summed E-state index contributed by atoms with van der Waals surface area (Å²) in [5.41, 5.74) is 1.29. The van der Waals surface area contributed by atoms with Crippen LogP contribution in [0.3, 0.4) is 0 Å². The van der Waals surface area contributed by atoms with Gasteiger partial charge in [-0.1, -0.05) is 6.92 Å². The van der Waals surface area contributed by atoms with Crippen molar-refractivity contribution in [3.8, 4) is 5.75 Å². The first-order valence-corrected chi connectivity index (χ1v) is 5.81. The molecule has 1 aromatic rings. The molecule has 1 rings (SSSR count). The number of halogens is 3. The Morgan fingerprint density at radius 2 is 2.12 bits per heavy atom. The molecule has 5 heteroatoms. The van der Waals surface area contributed by atoms with E-state index in [0.29, 0.717) is 15.6 Å². The third kappa shape index (κ3) is 3.13. The van der Waals surface area contributed by atoms with Gasteiger partial charge in [0, 0.05) is 5.56 Å². The van der Waals surface area contributed by atoms with Crippen LogP contribution in [0.2, 0.25) is 0 Å². The molecule has 0 heterocycles. The third-order valence-corrected chi connectivity index (χ3v) is 2.98. The van der Waals surface area contributed by atoms with E-state index >= 15 is 0 Å². The van der Waals surface area contributed by atoms with Crippen LogP contribution in [-0.2, 0) is 6.42 Å². The Balaban J connectivity index is 3.20. The number of aryl methyl sites for hydroxylation is 1. The van der Waals surface area contributed by atoms with E-state index in [1.165, 1.54) is 13.0 Å². The fourth-order valence-corrected chi connectivity index (χ4v) is 2.00. The predicted octanol–water partition coefficient (Wildman–Crippen LogP) is 3.66. The van der Waals surface area contributed by atoms with Gasteiger partial charge in [-0.3, -0.25) is 4.79 Å². The summed E-state index contributed by atoms with van der Waals surface area (Å²) in [6, 6.07) is 3.09. The van der Waals surface area contributed by atoms with Crippen molar-refractivity contribution in [2.75, 3.05) is 0 Å². The summed E-state index contributed by atoms with van der Waals surface area (Å²) >= 11 is 1.88. The van der Waals surface area contributed by atoms with Gasteiger partial charge in [0.25, 0.3) is 0 Å². The predicted molar refractivity (Wildman–Crippen MR) is 65.2 cm³/mol. The summed E-state index contributed by atoms with van der Waals surface area (Å²) < 4.78 is 29.1. The van der Waals surface area contributed by atoms with Crippen LogP contribution < -0.4 is 4.74 Å². The quantitative estimate of drug-likeness (QED) is 0.618. The van der Waals surface area contributed by atoms with Gasteiger partial charge in [-0.15, -0.1) is 0 Å². The van der Waals surface area contributed by atoms with Crippen LogP contribution in [0.15, 0.2) is 12.1 Å². The average Bonchev–Trinajstić information content (AvgIpc) is 2.19. The number of ketones is 1. The van der Waals surface area contributed by atoms with E-state index in [9.17, 15) is 13.6 Å². The molecule has 0 saturated carbocycles. The first kappa shape index (κ1) is 13.3. The highest BCUT2D eigenvalue weighted by Gasteiger charge is 2.14. The number of hydrogen-bond acceptors (Lipinski definition) is 2. The van der Waals surface area contributed by atoms with Crippen LogP contribution >= 0.6 is 22.6 Å². The van der Waals surface area contributed by atoms with Gasteiger partial charge in [-0.2, -0.15) is 8.78 Å². The van der Waals surface area contributed by atoms with Gasteiger partial charge in [-0.05, 0) is 53.6 Å². The molecule has 2 nitrogen and oxygen atoms in total. The Kier molecular flexibility index (Phi) is 4.64. The van der Waals surface area contributed by atoms with Gasteiger partial charge in [0.1, 0.15) is 5.75 Å². The SMILES string of the molecule is CCc1cc(OC(F)F)c(I)cc1C(C)=O. The Hall–Kier alpha value is -0.720. The standard InChI is InChI=1S/C11H11F2IO2/c1-3-7-4-10(16-11(12)13)9(14)5-8(7)6(2)15/h4-5,11H,3H2,1-2H3. The summed E-state index contributed by atoms with van der Waals surface area (Å²) in [7, 11) is 0.